The number of aliphatic hydroxyl groups is 1. The molecule has 0 saturated carbocycles. The summed E-state index contributed by atoms with van der Waals surface area (Å²) in [7, 11) is 0. The molecule has 0 aromatic carbocycles. The summed E-state index contributed by atoms with van der Waals surface area (Å²) in [6.07, 6.45) is 5.72. The molecule has 1 aliphatic heterocycles. The van der Waals surface area contributed by atoms with Gasteiger partial charge in [0.2, 0.25) is 0 Å². The molecule has 168 valence electrons. The first-order chi connectivity index (χ1) is 15.4. The average molecular weight is 474 g/mol. The lowest BCUT2D eigenvalue weighted by molar-refractivity contribution is 0.173. The summed E-state index contributed by atoms with van der Waals surface area (Å²) in [6.45, 7) is 3.25. The molecule has 5 N–H and O–H groups in total. The monoisotopic (exact) mass is 473 g/mol. The van der Waals surface area contributed by atoms with Crippen molar-refractivity contribution in [2.75, 3.05) is 23.7 Å². The second-order valence-corrected chi connectivity index (χ2v) is 9.73. The summed E-state index contributed by atoms with van der Waals surface area (Å²) < 4.78 is 5.53. The molecule has 1 saturated heterocycles. The van der Waals surface area contributed by atoms with E-state index in [4.69, 9.17) is 37.5 Å². The zero-order chi connectivity index (χ0) is 22.5. The second-order valence-electron chi connectivity index (χ2n) is 8.32. The van der Waals surface area contributed by atoms with Gasteiger partial charge in [-0.3, -0.25) is 0 Å². The number of oxazole rings is 1. The third kappa shape index (κ3) is 3.51. The van der Waals surface area contributed by atoms with Crippen LogP contribution in [0.3, 0.4) is 0 Å². The molecule has 1 aliphatic carbocycles. The van der Waals surface area contributed by atoms with Gasteiger partial charge in [0.15, 0.2) is 12.2 Å². The summed E-state index contributed by atoms with van der Waals surface area (Å²) in [5.74, 6) is 1.80. The Morgan fingerprint density at radius 3 is 2.81 bits per heavy atom. The minimum atomic E-state index is -0.206. The third-order valence-electron chi connectivity index (χ3n) is 6.51. The van der Waals surface area contributed by atoms with Gasteiger partial charge in [0.05, 0.1) is 29.1 Å². The zero-order valence-electron chi connectivity index (χ0n) is 17.6. The Labute approximate surface area is 194 Å². The number of pyridine rings is 1. The van der Waals surface area contributed by atoms with Crippen molar-refractivity contribution < 1.29 is 9.52 Å². The molecule has 1 atom stereocenters. The van der Waals surface area contributed by atoms with E-state index in [-0.39, 0.29) is 23.9 Å². The summed E-state index contributed by atoms with van der Waals surface area (Å²) in [5, 5.41) is 11.1. The van der Waals surface area contributed by atoms with Crippen LogP contribution in [0.1, 0.15) is 41.7 Å². The fourth-order valence-electron chi connectivity index (χ4n) is 4.64. The number of anilines is 2. The maximum absolute atomic E-state index is 10.0. The Morgan fingerprint density at radius 1 is 1.31 bits per heavy atom. The minimum Gasteiger partial charge on any atom is -0.447 e. The van der Waals surface area contributed by atoms with Crippen LogP contribution in [0.2, 0.25) is 5.02 Å². The summed E-state index contributed by atoms with van der Waals surface area (Å²) in [5.41, 5.74) is 14.6. The third-order valence-corrected chi connectivity index (χ3v) is 8.16. The van der Waals surface area contributed by atoms with Crippen LogP contribution in [0.15, 0.2) is 33.0 Å². The number of nitrogens with zero attached hydrogens (tertiary/aromatic N) is 5. The number of aryl methyl sites for hydroxylation is 1. The molecule has 2 aliphatic rings. The number of fused-ring (bicyclic) bond motifs is 1. The quantitative estimate of drug-likeness (QED) is 0.517. The van der Waals surface area contributed by atoms with E-state index in [1.165, 1.54) is 18.2 Å². The summed E-state index contributed by atoms with van der Waals surface area (Å²) in [4.78, 5) is 20.8. The predicted octanol–water partition coefficient (Wildman–Crippen LogP) is 2.89. The molecule has 11 heteroatoms. The Kier molecular flexibility index (Phi) is 5.48. The van der Waals surface area contributed by atoms with E-state index in [1.807, 2.05) is 6.92 Å². The molecule has 4 heterocycles. The smallest absolute Gasteiger partial charge is 0.181 e. The van der Waals surface area contributed by atoms with Gasteiger partial charge in [-0.2, -0.15) is 0 Å². The summed E-state index contributed by atoms with van der Waals surface area (Å²) in [6, 6.07) is 1.65. The first kappa shape index (κ1) is 21.4. The van der Waals surface area contributed by atoms with Gasteiger partial charge in [0, 0.05) is 36.0 Å². The Hall–Kier alpha value is -2.40. The van der Waals surface area contributed by atoms with E-state index in [2.05, 4.69) is 14.9 Å². The van der Waals surface area contributed by atoms with E-state index >= 15 is 0 Å². The molecule has 32 heavy (non-hydrogen) atoms. The first-order valence-corrected chi connectivity index (χ1v) is 11.6. The lowest BCUT2D eigenvalue weighted by atomic mass is 9.73. The number of rotatable bonds is 4. The first-order valence-electron chi connectivity index (χ1n) is 10.4. The second kappa shape index (κ2) is 8.18. The van der Waals surface area contributed by atoms with Gasteiger partial charge in [-0.05, 0) is 25.8 Å². The molecular formula is C21H24ClN7O2S. The number of halogens is 1. The van der Waals surface area contributed by atoms with E-state index in [1.54, 1.807) is 12.3 Å². The molecule has 9 nitrogen and oxygen atoms in total. The van der Waals surface area contributed by atoms with Crippen LogP contribution >= 0.6 is 23.4 Å². The lowest BCUT2D eigenvalue weighted by Gasteiger charge is -2.42. The van der Waals surface area contributed by atoms with Crippen LogP contribution in [0.4, 0.5) is 11.6 Å². The molecule has 3 aromatic heterocycles. The maximum atomic E-state index is 10.0. The van der Waals surface area contributed by atoms with Crippen molar-refractivity contribution in [2.24, 2.45) is 11.1 Å². The van der Waals surface area contributed by atoms with Crippen molar-refractivity contribution in [1.29, 1.82) is 0 Å². The molecule has 0 radical (unpaired) electrons. The van der Waals surface area contributed by atoms with Crippen molar-refractivity contribution in [3.63, 3.8) is 0 Å². The molecule has 5 rings (SSSR count). The van der Waals surface area contributed by atoms with Crippen molar-refractivity contribution in [3.8, 4) is 0 Å². The van der Waals surface area contributed by atoms with E-state index in [9.17, 15) is 5.11 Å². The zero-order valence-corrected chi connectivity index (χ0v) is 19.2. The molecule has 3 aromatic rings. The Balaban J connectivity index is 1.36. The van der Waals surface area contributed by atoms with E-state index < -0.39 is 0 Å². The number of aliphatic hydroxyl groups excluding tert-OH is 1. The number of nitrogen functional groups attached to an aromatic ring is 1. The average Bonchev–Trinajstić information content (AvgIpc) is 3.34. The molecule has 1 fully saturated rings. The highest BCUT2D eigenvalue weighted by Gasteiger charge is 2.49. The highest BCUT2D eigenvalue weighted by molar-refractivity contribution is 7.99. The van der Waals surface area contributed by atoms with Gasteiger partial charge in [0.1, 0.15) is 22.3 Å². The summed E-state index contributed by atoms with van der Waals surface area (Å²) >= 11 is 7.64. The van der Waals surface area contributed by atoms with Crippen LogP contribution in [-0.2, 0) is 13.0 Å². The van der Waals surface area contributed by atoms with Crippen LogP contribution < -0.4 is 16.4 Å². The Morgan fingerprint density at radius 2 is 2.09 bits per heavy atom. The number of nitrogens with two attached hydrogens (primary N) is 2. The van der Waals surface area contributed by atoms with Crippen LogP contribution in [0, 0.1) is 12.3 Å². The molecule has 1 spiro atoms. The number of hydrogen-bond donors (Lipinski definition) is 3. The maximum Gasteiger partial charge on any atom is 0.181 e. The molecular weight excluding hydrogens is 450 g/mol. The molecule has 0 amide bonds. The standard InChI is InChI=1S/C21H24ClN7O2S/c1-11-20(32-14-2-5-25-18(24)15(14)22)28-13(9-30)19(27-11)29-6-3-21(4-7-29)8-12-16(17(21)23)31-10-26-12/h2,5,10,17,30H,3-4,6-9,23H2,1H3,(H2,24,25)/t17-/m1/s1. The predicted molar refractivity (Wildman–Crippen MR) is 121 cm³/mol. The highest BCUT2D eigenvalue weighted by Crippen LogP contribution is 2.50. The van der Waals surface area contributed by atoms with Gasteiger partial charge < -0.3 is 25.9 Å². The number of aromatic nitrogens is 4. The lowest BCUT2D eigenvalue weighted by Crippen LogP contribution is -2.45. The van der Waals surface area contributed by atoms with Crippen LogP contribution in [0.5, 0.6) is 0 Å². The van der Waals surface area contributed by atoms with Crippen molar-refractivity contribution in [2.45, 2.75) is 48.8 Å². The highest BCUT2D eigenvalue weighted by atomic mass is 35.5. The van der Waals surface area contributed by atoms with Crippen molar-refractivity contribution in [1.82, 2.24) is 19.9 Å². The van der Waals surface area contributed by atoms with Gasteiger partial charge in [-0.25, -0.2) is 19.9 Å². The topological polar surface area (TPSA) is 140 Å². The van der Waals surface area contributed by atoms with Gasteiger partial charge in [-0.1, -0.05) is 23.4 Å². The van der Waals surface area contributed by atoms with Crippen molar-refractivity contribution >= 4 is 35.0 Å². The van der Waals surface area contributed by atoms with Crippen molar-refractivity contribution in [3.05, 3.63) is 46.5 Å². The largest absolute Gasteiger partial charge is 0.447 e. The van der Waals surface area contributed by atoms with Gasteiger partial charge in [0.25, 0.3) is 0 Å². The van der Waals surface area contributed by atoms with Gasteiger partial charge >= 0.3 is 0 Å². The van der Waals surface area contributed by atoms with Crippen LogP contribution in [0.25, 0.3) is 0 Å². The van der Waals surface area contributed by atoms with Gasteiger partial charge in [-0.15, -0.1) is 0 Å². The molecule has 0 unspecified atom stereocenters. The SMILES string of the molecule is Cc1nc(N2CCC3(CC2)Cc2ncoc2[C@H]3N)c(CO)nc1Sc1ccnc(N)c1Cl. The Bertz CT molecular complexity index is 1160. The molecule has 0 bridgehead atoms. The normalized spacial score (nSPS) is 19.5. The number of hydrogen-bond acceptors (Lipinski definition) is 10. The fourth-order valence-corrected chi connectivity index (χ4v) is 5.75. The van der Waals surface area contributed by atoms with Crippen LogP contribution in [-0.4, -0.2) is 38.1 Å². The van der Waals surface area contributed by atoms with E-state index in [0.29, 0.717) is 21.6 Å². The van der Waals surface area contributed by atoms with E-state index in [0.717, 1.165) is 54.4 Å². The minimum absolute atomic E-state index is 0.0331. The fraction of sp³-hybridized carbons (Fsp3) is 0.429. The number of piperidine rings is 1.